The summed E-state index contributed by atoms with van der Waals surface area (Å²) in [7, 11) is 0. The molecule has 0 radical (unpaired) electrons. The molecule has 2 heterocycles. The van der Waals surface area contributed by atoms with Crippen LogP contribution in [0.25, 0.3) is 5.69 Å². The lowest BCUT2D eigenvalue weighted by molar-refractivity contribution is 0.0932. The fraction of sp³-hybridized carbons (Fsp3) is 0.167. The Morgan fingerprint density at radius 2 is 1.84 bits per heavy atom. The average molecular weight is 435 g/mol. The van der Waals surface area contributed by atoms with E-state index in [-0.39, 0.29) is 18.7 Å². The van der Waals surface area contributed by atoms with E-state index in [0.29, 0.717) is 10.7 Å². The number of benzene rings is 2. The zero-order valence-corrected chi connectivity index (χ0v) is 18.1. The highest BCUT2D eigenvalue weighted by Gasteiger charge is 2.14. The van der Waals surface area contributed by atoms with E-state index < -0.39 is 0 Å². The highest BCUT2D eigenvalue weighted by Crippen LogP contribution is 2.22. The number of aromatic nitrogens is 3. The standard InChI is InChI=1S/C24H23ClN4O2/c1-17-15-20(25)7-10-23(17)31-16-29-14-11-22(27-29)24(30)26-18(2)19-5-8-21(9-6-19)28-12-3-4-13-28/h3-15,18H,16H2,1-2H3,(H,26,30). The number of ether oxygens (including phenoxy) is 1. The third-order valence-electron chi connectivity index (χ3n) is 5.01. The lowest BCUT2D eigenvalue weighted by atomic mass is 10.1. The van der Waals surface area contributed by atoms with E-state index in [2.05, 4.69) is 10.4 Å². The third-order valence-corrected chi connectivity index (χ3v) is 5.24. The molecule has 1 atom stereocenters. The average Bonchev–Trinajstić information content (AvgIpc) is 3.46. The molecule has 0 aliphatic heterocycles. The van der Waals surface area contributed by atoms with Crippen molar-refractivity contribution in [3.63, 3.8) is 0 Å². The Balaban J connectivity index is 1.35. The Hall–Kier alpha value is -3.51. The van der Waals surface area contributed by atoms with Crippen LogP contribution in [0.1, 0.15) is 34.6 Å². The second-order valence-electron chi connectivity index (χ2n) is 7.30. The molecule has 0 aliphatic rings. The molecule has 0 bridgehead atoms. The largest absolute Gasteiger partial charge is 0.471 e. The number of carbonyl (C=O) groups is 1. The van der Waals surface area contributed by atoms with Gasteiger partial charge in [0.05, 0.1) is 6.04 Å². The van der Waals surface area contributed by atoms with Crippen LogP contribution >= 0.6 is 11.6 Å². The number of nitrogens with zero attached hydrogens (tertiary/aromatic N) is 3. The number of nitrogens with one attached hydrogen (secondary N) is 1. The Morgan fingerprint density at radius 3 is 2.55 bits per heavy atom. The summed E-state index contributed by atoms with van der Waals surface area (Å²) in [6.07, 6.45) is 5.71. The molecule has 0 spiro atoms. The molecule has 6 nitrogen and oxygen atoms in total. The fourth-order valence-electron chi connectivity index (χ4n) is 3.26. The van der Waals surface area contributed by atoms with E-state index >= 15 is 0 Å². The summed E-state index contributed by atoms with van der Waals surface area (Å²) < 4.78 is 9.39. The Bertz CT molecular complexity index is 1170. The van der Waals surface area contributed by atoms with Crippen molar-refractivity contribution in [1.82, 2.24) is 19.7 Å². The van der Waals surface area contributed by atoms with E-state index in [1.807, 2.05) is 79.3 Å². The number of aryl methyl sites for hydroxylation is 1. The number of rotatable bonds is 7. The van der Waals surface area contributed by atoms with Crippen molar-refractivity contribution in [1.29, 1.82) is 0 Å². The molecule has 1 amide bonds. The molecule has 4 aromatic rings. The smallest absolute Gasteiger partial charge is 0.272 e. The summed E-state index contributed by atoms with van der Waals surface area (Å²) in [5, 5.41) is 7.97. The predicted molar refractivity (Wildman–Crippen MR) is 121 cm³/mol. The summed E-state index contributed by atoms with van der Waals surface area (Å²) in [6, 6.07) is 19.0. The van der Waals surface area contributed by atoms with Gasteiger partial charge in [-0.3, -0.25) is 4.79 Å². The lowest BCUT2D eigenvalue weighted by Crippen LogP contribution is -2.27. The molecule has 31 heavy (non-hydrogen) atoms. The highest BCUT2D eigenvalue weighted by atomic mass is 35.5. The van der Waals surface area contributed by atoms with Crippen LogP contribution in [-0.2, 0) is 6.73 Å². The van der Waals surface area contributed by atoms with Crippen LogP contribution < -0.4 is 10.1 Å². The molecule has 0 saturated carbocycles. The van der Waals surface area contributed by atoms with Crippen LogP contribution in [0, 0.1) is 6.92 Å². The maximum Gasteiger partial charge on any atom is 0.272 e. The first-order valence-electron chi connectivity index (χ1n) is 9.96. The van der Waals surface area contributed by atoms with Gasteiger partial charge in [-0.1, -0.05) is 23.7 Å². The molecule has 7 heteroatoms. The van der Waals surface area contributed by atoms with Crippen molar-refractivity contribution >= 4 is 17.5 Å². The monoisotopic (exact) mass is 434 g/mol. The van der Waals surface area contributed by atoms with Crippen LogP contribution in [0.5, 0.6) is 5.75 Å². The van der Waals surface area contributed by atoms with Crippen LogP contribution in [0.4, 0.5) is 0 Å². The van der Waals surface area contributed by atoms with Crippen molar-refractivity contribution in [3.8, 4) is 11.4 Å². The van der Waals surface area contributed by atoms with Gasteiger partial charge in [0.25, 0.3) is 5.91 Å². The van der Waals surface area contributed by atoms with E-state index in [1.54, 1.807) is 23.0 Å². The fourth-order valence-corrected chi connectivity index (χ4v) is 3.49. The number of carbonyl (C=O) groups excluding carboxylic acids is 1. The van der Waals surface area contributed by atoms with E-state index in [1.165, 1.54) is 0 Å². The molecule has 1 unspecified atom stereocenters. The summed E-state index contributed by atoms with van der Waals surface area (Å²) in [4.78, 5) is 12.6. The van der Waals surface area contributed by atoms with E-state index in [4.69, 9.17) is 16.3 Å². The molecule has 4 rings (SSSR count). The van der Waals surface area contributed by atoms with Crippen LogP contribution in [-0.4, -0.2) is 20.3 Å². The quantitative estimate of drug-likeness (QED) is 0.437. The second kappa shape index (κ2) is 9.10. The molecule has 0 fully saturated rings. The van der Waals surface area contributed by atoms with Crippen molar-refractivity contribution in [2.45, 2.75) is 26.6 Å². The summed E-state index contributed by atoms with van der Waals surface area (Å²) in [6.45, 7) is 4.08. The minimum absolute atomic E-state index is 0.149. The minimum atomic E-state index is -0.233. The first-order valence-corrected chi connectivity index (χ1v) is 10.3. The molecule has 2 aromatic carbocycles. The van der Waals surface area contributed by atoms with Crippen LogP contribution in [0.15, 0.2) is 79.3 Å². The molecule has 2 aromatic heterocycles. The van der Waals surface area contributed by atoms with Crippen molar-refractivity contribution in [2.24, 2.45) is 0 Å². The molecule has 0 saturated heterocycles. The molecule has 1 N–H and O–H groups in total. The zero-order valence-electron chi connectivity index (χ0n) is 17.3. The SMILES string of the molecule is Cc1cc(Cl)ccc1OCn1ccc(C(=O)NC(C)c2ccc(-n3cccc3)cc2)n1. The van der Waals surface area contributed by atoms with Gasteiger partial charge in [0.1, 0.15) is 11.4 Å². The van der Waals surface area contributed by atoms with Gasteiger partial charge in [0.2, 0.25) is 0 Å². The molecule has 158 valence electrons. The van der Waals surface area contributed by atoms with Crippen molar-refractivity contribution in [2.75, 3.05) is 0 Å². The maximum atomic E-state index is 12.6. The Kier molecular flexibility index (Phi) is 6.09. The number of hydrogen-bond acceptors (Lipinski definition) is 3. The summed E-state index contributed by atoms with van der Waals surface area (Å²) in [5.41, 5.74) is 3.37. The van der Waals surface area contributed by atoms with Gasteiger partial charge in [0.15, 0.2) is 6.73 Å². The number of hydrogen-bond donors (Lipinski definition) is 1. The normalized spacial score (nSPS) is 11.8. The molecular weight excluding hydrogens is 412 g/mol. The van der Waals surface area contributed by atoms with Gasteiger partial charge in [-0.25, -0.2) is 4.68 Å². The second-order valence-corrected chi connectivity index (χ2v) is 7.74. The third kappa shape index (κ3) is 4.98. The van der Waals surface area contributed by atoms with E-state index in [9.17, 15) is 4.79 Å². The van der Waals surface area contributed by atoms with Crippen LogP contribution in [0.2, 0.25) is 5.02 Å². The van der Waals surface area contributed by atoms with Gasteiger partial charge in [-0.2, -0.15) is 5.10 Å². The molecular formula is C24H23ClN4O2. The van der Waals surface area contributed by atoms with Crippen molar-refractivity contribution in [3.05, 3.63) is 101 Å². The van der Waals surface area contributed by atoms with E-state index in [0.717, 1.165) is 22.6 Å². The van der Waals surface area contributed by atoms with Gasteiger partial charge in [0, 0.05) is 29.3 Å². The number of halogens is 1. The summed E-state index contributed by atoms with van der Waals surface area (Å²) >= 11 is 5.97. The van der Waals surface area contributed by atoms with Gasteiger partial charge in [-0.15, -0.1) is 0 Å². The molecule has 0 aliphatic carbocycles. The van der Waals surface area contributed by atoms with Gasteiger partial charge >= 0.3 is 0 Å². The minimum Gasteiger partial charge on any atom is -0.471 e. The Labute approximate surface area is 186 Å². The first kappa shape index (κ1) is 20.8. The first-order chi connectivity index (χ1) is 15.0. The predicted octanol–water partition coefficient (Wildman–Crippen LogP) is 5.16. The zero-order chi connectivity index (χ0) is 21.8. The van der Waals surface area contributed by atoms with Gasteiger partial charge < -0.3 is 14.6 Å². The van der Waals surface area contributed by atoms with Gasteiger partial charge in [-0.05, 0) is 73.5 Å². The topological polar surface area (TPSA) is 61.1 Å². The number of amides is 1. The summed E-state index contributed by atoms with van der Waals surface area (Å²) in [5.74, 6) is 0.492. The maximum absolute atomic E-state index is 12.6. The lowest BCUT2D eigenvalue weighted by Gasteiger charge is -2.14. The Morgan fingerprint density at radius 1 is 1.10 bits per heavy atom. The highest BCUT2D eigenvalue weighted by molar-refractivity contribution is 6.30. The van der Waals surface area contributed by atoms with Crippen LogP contribution in [0.3, 0.4) is 0 Å². The van der Waals surface area contributed by atoms with Crippen molar-refractivity contribution < 1.29 is 9.53 Å².